The van der Waals surface area contributed by atoms with Crippen LogP contribution in [0.3, 0.4) is 0 Å². The number of benzene rings is 4. The van der Waals surface area contributed by atoms with Crippen LogP contribution in [0.5, 0.6) is 0 Å². The number of fused-ring (bicyclic) bond motifs is 2. The summed E-state index contributed by atoms with van der Waals surface area (Å²) in [6, 6.07) is 30.3. The molecule has 41 heavy (non-hydrogen) atoms. The van der Waals surface area contributed by atoms with Crippen LogP contribution in [-0.2, 0) is 14.1 Å². The maximum Gasteiger partial charge on any atom is 0.260 e. The van der Waals surface area contributed by atoms with Gasteiger partial charge in [0.15, 0.2) is 0 Å². The number of hydrogen-bond donors (Lipinski definition) is 0. The minimum Gasteiger partial charge on any atom is -0.302 e. The van der Waals surface area contributed by atoms with Crippen LogP contribution in [0.25, 0.3) is 21.8 Å². The molecule has 2 heterocycles. The Kier molecular flexibility index (Phi) is 9.62. The first-order chi connectivity index (χ1) is 19.9. The van der Waals surface area contributed by atoms with E-state index in [0.717, 1.165) is 26.7 Å². The number of halogens is 1. The van der Waals surface area contributed by atoms with Crippen molar-refractivity contribution in [3.05, 3.63) is 152 Å². The third kappa shape index (κ3) is 7.67. The molecular formula is C34H25BrN4O2. The predicted molar refractivity (Wildman–Crippen MR) is 168 cm³/mol. The van der Waals surface area contributed by atoms with Gasteiger partial charge in [-0.05, 0) is 60.7 Å². The molecule has 0 aliphatic heterocycles. The number of hydrogen-bond acceptors (Lipinski definition) is 4. The molecule has 0 atom stereocenters. The maximum absolute atomic E-state index is 11.9. The Bertz CT molecular complexity index is 2030. The van der Waals surface area contributed by atoms with Gasteiger partial charge in [-0.2, -0.15) is 0 Å². The second-order valence-electron chi connectivity index (χ2n) is 8.84. The lowest BCUT2D eigenvalue weighted by Gasteiger charge is -2.00. The zero-order valence-electron chi connectivity index (χ0n) is 22.5. The molecule has 0 saturated carbocycles. The van der Waals surface area contributed by atoms with Crippen molar-refractivity contribution in [1.82, 2.24) is 19.1 Å². The summed E-state index contributed by atoms with van der Waals surface area (Å²) >= 11 is 3.33. The number of terminal acetylenes is 1. The minimum atomic E-state index is -0.0439. The van der Waals surface area contributed by atoms with Gasteiger partial charge >= 0.3 is 0 Å². The fraction of sp³-hybridized carbons (Fsp3) is 0.0588. The Hall–Kier alpha value is -5.24. The summed E-state index contributed by atoms with van der Waals surface area (Å²) in [5.74, 6) is 8.71. The predicted octanol–water partition coefficient (Wildman–Crippen LogP) is 5.70. The van der Waals surface area contributed by atoms with E-state index >= 15 is 0 Å². The van der Waals surface area contributed by atoms with E-state index in [4.69, 9.17) is 6.42 Å². The van der Waals surface area contributed by atoms with Crippen molar-refractivity contribution in [2.75, 3.05) is 0 Å². The van der Waals surface area contributed by atoms with Crippen molar-refractivity contribution >= 4 is 37.7 Å². The van der Waals surface area contributed by atoms with E-state index in [9.17, 15) is 9.59 Å². The van der Waals surface area contributed by atoms with Crippen molar-refractivity contribution in [3.8, 4) is 24.2 Å². The van der Waals surface area contributed by atoms with Gasteiger partial charge in [-0.1, -0.05) is 70.1 Å². The number of nitrogens with zero attached hydrogens (tertiary/aromatic N) is 4. The molecule has 0 N–H and O–H groups in total. The fourth-order valence-electron chi connectivity index (χ4n) is 3.67. The van der Waals surface area contributed by atoms with Crippen LogP contribution >= 0.6 is 15.9 Å². The third-order valence-corrected chi connectivity index (χ3v) is 6.36. The molecule has 200 valence electrons. The Morgan fingerprint density at radius 3 is 1.66 bits per heavy atom. The topological polar surface area (TPSA) is 69.8 Å². The third-order valence-electron chi connectivity index (χ3n) is 5.86. The van der Waals surface area contributed by atoms with Gasteiger partial charge in [-0.25, -0.2) is 9.97 Å². The first-order valence-corrected chi connectivity index (χ1v) is 13.3. The van der Waals surface area contributed by atoms with Crippen molar-refractivity contribution < 1.29 is 0 Å². The van der Waals surface area contributed by atoms with Gasteiger partial charge in [0.05, 0.1) is 34.5 Å². The number of aromatic nitrogens is 4. The average molecular weight is 602 g/mol. The monoisotopic (exact) mass is 600 g/mol. The quantitative estimate of drug-likeness (QED) is 0.210. The molecule has 0 aliphatic carbocycles. The van der Waals surface area contributed by atoms with E-state index in [0.29, 0.717) is 16.3 Å². The number of rotatable bonds is 0. The van der Waals surface area contributed by atoms with E-state index in [1.165, 1.54) is 21.8 Å². The molecule has 0 spiro atoms. The lowest BCUT2D eigenvalue weighted by Crippen LogP contribution is -2.16. The Labute approximate surface area is 246 Å². The minimum absolute atomic E-state index is 0.0162. The molecule has 4 aromatic carbocycles. The van der Waals surface area contributed by atoms with Gasteiger partial charge < -0.3 is 9.13 Å². The summed E-state index contributed by atoms with van der Waals surface area (Å²) < 4.78 is 3.87. The Morgan fingerprint density at radius 1 is 0.634 bits per heavy atom. The molecule has 6 rings (SSSR count). The molecule has 0 bridgehead atoms. The summed E-state index contributed by atoms with van der Waals surface area (Å²) in [4.78, 5) is 31.8. The second-order valence-corrected chi connectivity index (χ2v) is 9.76. The summed E-state index contributed by atoms with van der Waals surface area (Å²) in [6.45, 7) is 0. The molecular weight excluding hydrogens is 576 g/mol. The van der Waals surface area contributed by atoms with E-state index in [1.807, 2.05) is 84.9 Å². The van der Waals surface area contributed by atoms with Gasteiger partial charge in [-0.15, -0.1) is 6.42 Å². The average Bonchev–Trinajstić information content (AvgIpc) is 3.01. The molecule has 0 amide bonds. The molecule has 0 fully saturated rings. The molecule has 7 heteroatoms. The van der Waals surface area contributed by atoms with Gasteiger partial charge in [-0.3, -0.25) is 9.59 Å². The van der Waals surface area contributed by atoms with Crippen LogP contribution in [0.2, 0.25) is 0 Å². The highest BCUT2D eigenvalue weighted by atomic mass is 79.9. The van der Waals surface area contributed by atoms with Crippen LogP contribution in [0.4, 0.5) is 0 Å². The van der Waals surface area contributed by atoms with Crippen LogP contribution < -0.4 is 11.1 Å². The Morgan fingerprint density at radius 2 is 1.12 bits per heavy atom. The highest BCUT2D eigenvalue weighted by molar-refractivity contribution is 9.10. The van der Waals surface area contributed by atoms with Crippen LogP contribution in [-0.4, -0.2) is 19.1 Å². The van der Waals surface area contributed by atoms with E-state index in [2.05, 4.69) is 43.7 Å². The largest absolute Gasteiger partial charge is 0.302 e. The lowest BCUT2D eigenvalue weighted by atomic mass is 10.1. The first-order valence-electron chi connectivity index (χ1n) is 12.5. The standard InChI is InChI=1S/C17H12N2O.C9H7BrN2O.C8H6/c1-19-12-18-16-11-14(9-10-15(16)17(19)20)8-7-13-5-3-2-4-6-13;1-12-5-11-8-4-6(10)2-3-7(8)9(12)13;1-2-8-6-4-3-5-7-8/h2-6,9-12H,1H3;2-5H,1H3;1,3-7H. The van der Waals surface area contributed by atoms with Crippen molar-refractivity contribution in [3.63, 3.8) is 0 Å². The summed E-state index contributed by atoms with van der Waals surface area (Å²) in [6.07, 6.45) is 8.15. The summed E-state index contributed by atoms with van der Waals surface area (Å²) in [5, 5.41) is 1.26. The van der Waals surface area contributed by atoms with Crippen LogP contribution in [0.15, 0.2) is 124 Å². The SMILES string of the molecule is C#Cc1ccccc1.Cn1cnc2cc(Br)ccc2c1=O.Cn1cnc2cc(C#Cc3ccccc3)ccc2c1=O. The number of aryl methyl sites for hydroxylation is 2. The molecule has 6 aromatic rings. The van der Waals surface area contributed by atoms with Crippen molar-refractivity contribution in [1.29, 1.82) is 0 Å². The van der Waals surface area contributed by atoms with E-state index in [-0.39, 0.29) is 11.1 Å². The van der Waals surface area contributed by atoms with Crippen LogP contribution in [0.1, 0.15) is 16.7 Å². The highest BCUT2D eigenvalue weighted by Crippen LogP contribution is 2.14. The maximum atomic E-state index is 11.9. The zero-order valence-corrected chi connectivity index (χ0v) is 24.0. The van der Waals surface area contributed by atoms with Gasteiger partial charge in [0.2, 0.25) is 0 Å². The van der Waals surface area contributed by atoms with Gasteiger partial charge in [0.25, 0.3) is 11.1 Å². The lowest BCUT2D eigenvalue weighted by molar-refractivity contribution is 0.843. The summed E-state index contributed by atoms with van der Waals surface area (Å²) in [7, 11) is 3.38. The molecule has 0 saturated heterocycles. The molecule has 2 aromatic heterocycles. The molecule has 0 radical (unpaired) electrons. The van der Waals surface area contributed by atoms with E-state index < -0.39 is 0 Å². The van der Waals surface area contributed by atoms with Gasteiger partial charge in [0, 0.05) is 35.3 Å². The first kappa shape index (κ1) is 28.8. The zero-order chi connectivity index (χ0) is 29.2. The summed E-state index contributed by atoms with van der Waals surface area (Å²) in [5.41, 5.74) is 4.08. The van der Waals surface area contributed by atoms with Gasteiger partial charge in [0.1, 0.15) is 0 Å². The van der Waals surface area contributed by atoms with Crippen molar-refractivity contribution in [2.24, 2.45) is 14.1 Å². The fourth-order valence-corrected chi connectivity index (χ4v) is 4.02. The smallest absolute Gasteiger partial charge is 0.260 e. The normalized spacial score (nSPS) is 9.80. The van der Waals surface area contributed by atoms with Crippen molar-refractivity contribution in [2.45, 2.75) is 0 Å². The molecule has 6 nitrogen and oxygen atoms in total. The second kappa shape index (κ2) is 13.7. The molecule has 0 unspecified atom stereocenters. The molecule has 0 aliphatic rings. The highest BCUT2D eigenvalue weighted by Gasteiger charge is 2.02. The van der Waals surface area contributed by atoms with Crippen LogP contribution in [0, 0.1) is 24.2 Å². The Balaban J connectivity index is 0.000000158. The van der Waals surface area contributed by atoms with E-state index in [1.54, 1.807) is 26.2 Å².